The number of carbonyl (C=O) groups excluding carboxylic acids is 1. The zero-order valence-corrected chi connectivity index (χ0v) is 10.1. The number of hydrogen-bond donors (Lipinski definition) is 2. The monoisotopic (exact) mass is 252 g/mol. The van der Waals surface area contributed by atoms with Crippen LogP contribution in [0.5, 0.6) is 0 Å². The van der Waals surface area contributed by atoms with Gasteiger partial charge in [0.05, 0.1) is 0 Å². The Balaban J connectivity index is 2.08. The van der Waals surface area contributed by atoms with Gasteiger partial charge in [0.25, 0.3) is 5.91 Å². The topological polar surface area (TPSA) is 66.6 Å². The van der Waals surface area contributed by atoms with Crippen LogP contribution in [0.15, 0.2) is 18.2 Å². The first-order chi connectivity index (χ1) is 8.60. The maximum absolute atomic E-state index is 13.2. The molecule has 1 aliphatic rings. The first-order valence-corrected chi connectivity index (χ1v) is 6.06. The molecule has 18 heavy (non-hydrogen) atoms. The van der Waals surface area contributed by atoms with Gasteiger partial charge < -0.3 is 15.7 Å². The molecular weight excluding hydrogens is 235 g/mol. The molecule has 3 N–H and O–H groups in total. The van der Waals surface area contributed by atoms with E-state index < -0.39 is 5.82 Å². The van der Waals surface area contributed by atoms with E-state index in [1.807, 2.05) is 0 Å². The summed E-state index contributed by atoms with van der Waals surface area (Å²) in [6, 6.07) is 3.89. The standard InChI is InChI=1S/C13H17FN2O2/c14-11-5-10(6-12(15)7-11)13(18)16-3-1-9(8-16)2-4-17/h5-7,9,17H,1-4,8,15H2. The van der Waals surface area contributed by atoms with Crippen molar-refractivity contribution in [2.45, 2.75) is 12.8 Å². The van der Waals surface area contributed by atoms with Crippen LogP contribution in [0.25, 0.3) is 0 Å². The van der Waals surface area contributed by atoms with E-state index in [9.17, 15) is 9.18 Å². The molecule has 1 saturated heterocycles. The van der Waals surface area contributed by atoms with Gasteiger partial charge in [-0.05, 0) is 37.0 Å². The SMILES string of the molecule is Nc1cc(F)cc(C(=O)N2CCC(CCO)C2)c1. The number of benzene rings is 1. The predicted molar refractivity (Wildman–Crippen MR) is 66.5 cm³/mol. The molecule has 1 heterocycles. The second-order valence-electron chi connectivity index (χ2n) is 4.69. The number of hydrogen-bond acceptors (Lipinski definition) is 3. The molecule has 2 rings (SSSR count). The highest BCUT2D eigenvalue weighted by molar-refractivity contribution is 5.95. The van der Waals surface area contributed by atoms with E-state index in [-0.39, 0.29) is 23.8 Å². The molecule has 1 aliphatic heterocycles. The number of anilines is 1. The van der Waals surface area contributed by atoms with Crippen molar-refractivity contribution < 1.29 is 14.3 Å². The number of likely N-dealkylation sites (tertiary alicyclic amines) is 1. The third kappa shape index (κ3) is 2.79. The normalized spacial score (nSPS) is 19.2. The number of halogens is 1. The second-order valence-corrected chi connectivity index (χ2v) is 4.69. The Morgan fingerprint density at radius 2 is 2.28 bits per heavy atom. The Hall–Kier alpha value is -1.62. The van der Waals surface area contributed by atoms with Gasteiger partial charge >= 0.3 is 0 Å². The fraction of sp³-hybridized carbons (Fsp3) is 0.462. The quantitative estimate of drug-likeness (QED) is 0.796. The van der Waals surface area contributed by atoms with Gasteiger partial charge in [0.1, 0.15) is 5.82 Å². The molecule has 4 nitrogen and oxygen atoms in total. The van der Waals surface area contributed by atoms with Crippen molar-refractivity contribution >= 4 is 11.6 Å². The molecule has 0 saturated carbocycles. The predicted octanol–water partition coefficient (Wildman–Crippen LogP) is 1.25. The molecule has 0 spiro atoms. The highest BCUT2D eigenvalue weighted by Crippen LogP contribution is 2.22. The Bertz CT molecular complexity index is 430. The molecule has 1 aromatic rings. The van der Waals surface area contributed by atoms with Crippen molar-refractivity contribution in [1.82, 2.24) is 4.90 Å². The number of nitrogens with zero attached hydrogens (tertiary/aromatic N) is 1. The third-order valence-corrected chi connectivity index (χ3v) is 3.28. The van der Waals surface area contributed by atoms with Crippen molar-refractivity contribution in [3.63, 3.8) is 0 Å². The Kier molecular flexibility index (Phi) is 3.81. The molecule has 5 heteroatoms. The van der Waals surface area contributed by atoms with Gasteiger partial charge in [-0.3, -0.25) is 4.79 Å². The van der Waals surface area contributed by atoms with E-state index >= 15 is 0 Å². The molecule has 98 valence electrons. The molecule has 1 aromatic carbocycles. The fourth-order valence-electron chi connectivity index (χ4n) is 2.35. The van der Waals surface area contributed by atoms with Crippen molar-refractivity contribution in [2.75, 3.05) is 25.4 Å². The van der Waals surface area contributed by atoms with E-state index in [1.54, 1.807) is 4.90 Å². The van der Waals surface area contributed by atoms with E-state index in [0.29, 0.717) is 25.4 Å². The van der Waals surface area contributed by atoms with Crippen molar-refractivity contribution in [1.29, 1.82) is 0 Å². The number of aliphatic hydroxyl groups is 1. The van der Waals surface area contributed by atoms with Crippen molar-refractivity contribution in [3.8, 4) is 0 Å². The van der Waals surface area contributed by atoms with Gasteiger partial charge in [0.15, 0.2) is 0 Å². The Morgan fingerprint density at radius 3 is 2.94 bits per heavy atom. The minimum absolute atomic E-state index is 0.139. The summed E-state index contributed by atoms with van der Waals surface area (Å²) >= 11 is 0. The Labute approximate surface area is 105 Å². The van der Waals surface area contributed by atoms with Crippen LogP contribution in [0.2, 0.25) is 0 Å². The average molecular weight is 252 g/mol. The molecule has 0 aromatic heterocycles. The summed E-state index contributed by atoms with van der Waals surface area (Å²) in [5.41, 5.74) is 6.07. The van der Waals surface area contributed by atoms with Gasteiger partial charge in [-0.25, -0.2) is 4.39 Å². The second kappa shape index (κ2) is 5.35. The highest BCUT2D eigenvalue weighted by Gasteiger charge is 2.26. The van der Waals surface area contributed by atoms with E-state index in [2.05, 4.69) is 0 Å². The lowest BCUT2D eigenvalue weighted by atomic mass is 10.1. The summed E-state index contributed by atoms with van der Waals surface area (Å²) in [6.07, 6.45) is 1.59. The molecular formula is C13H17FN2O2. The van der Waals surface area contributed by atoms with Crippen molar-refractivity contribution in [3.05, 3.63) is 29.6 Å². The van der Waals surface area contributed by atoms with Crippen LogP contribution in [0.3, 0.4) is 0 Å². The van der Waals surface area contributed by atoms with Gasteiger partial charge in [0, 0.05) is 30.9 Å². The molecule has 0 aliphatic carbocycles. The van der Waals surface area contributed by atoms with E-state index in [4.69, 9.17) is 10.8 Å². The zero-order chi connectivity index (χ0) is 13.1. The van der Waals surface area contributed by atoms with Gasteiger partial charge in [-0.1, -0.05) is 0 Å². The average Bonchev–Trinajstić information content (AvgIpc) is 2.76. The summed E-state index contributed by atoms with van der Waals surface area (Å²) in [5, 5.41) is 8.87. The highest BCUT2D eigenvalue weighted by atomic mass is 19.1. The maximum atomic E-state index is 13.2. The summed E-state index contributed by atoms with van der Waals surface area (Å²) < 4.78 is 13.2. The van der Waals surface area contributed by atoms with E-state index in [0.717, 1.165) is 6.42 Å². The number of amides is 1. The van der Waals surface area contributed by atoms with Crippen LogP contribution in [0.4, 0.5) is 10.1 Å². The number of rotatable bonds is 3. The van der Waals surface area contributed by atoms with Crippen LogP contribution in [0.1, 0.15) is 23.2 Å². The molecule has 1 atom stereocenters. The molecule has 1 unspecified atom stereocenters. The summed E-state index contributed by atoms with van der Waals surface area (Å²) in [5.74, 6) is -0.351. The minimum Gasteiger partial charge on any atom is -0.399 e. The molecule has 1 fully saturated rings. The van der Waals surface area contributed by atoms with Crippen LogP contribution in [0, 0.1) is 11.7 Å². The third-order valence-electron chi connectivity index (χ3n) is 3.28. The van der Waals surface area contributed by atoms with Crippen molar-refractivity contribution in [2.24, 2.45) is 5.92 Å². The summed E-state index contributed by atoms with van der Waals surface area (Å²) in [4.78, 5) is 13.8. The summed E-state index contributed by atoms with van der Waals surface area (Å²) in [7, 11) is 0. The zero-order valence-electron chi connectivity index (χ0n) is 10.1. The minimum atomic E-state index is -0.496. The lowest BCUT2D eigenvalue weighted by Gasteiger charge is -2.16. The Morgan fingerprint density at radius 1 is 1.50 bits per heavy atom. The van der Waals surface area contributed by atoms with Gasteiger partial charge in [-0.15, -0.1) is 0 Å². The number of aliphatic hydroxyl groups excluding tert-OH is 1. The molecule has 1 amide bonds. The first-order valence-electron chi connectivity index (χ1n) is 6.06. The molecule has 0 bridgehead atoms. The van der Waals surface area contributed by atoms with Crippen LogP contribution in [-0.4, -0.2) is 35.6 Å². The lowest BCUT2D eigenvalue weighted by molar-refractivity contribution is 0.0784. The lowest BCUT2D eigenvalue weighted by Crippen LogP contribution is -2.29. The number of nitrogen functional groups attached to an aromatic ring is 1. The smallest absolute Gasteiger partial charge is 0.254 e. The number of nitrogens with two attached hydrogens (primary N) is 1. The summed E-state index contributed by atoms with van der Waals surface area (Å²) in [6.45, 7) is 1.41. The fourth-order valence-corrected chi connectivity index (χ4v) is 2.35. The van der Waals surface area contributed by atoms with Crippen LogP contribution >= 0.6 is 0 Å². The largest absolute Gasteiger partial charge is 0.399 e. The molecule has 0 radical (unpaired) electrons. The van der Waals surface area contributed by atoms with Gasteiger partial charge in [0.2, 0.25) is 0 Å². The van der Waals surface area contributed by atoms with Gasteiger partial charge in [-0.2, -0.15) is 0 Å². The number of carbonyl (C=O) groups is 1. The van der Waals surface area contributed by atoms with E-state index in [1.165, 1.54) is 18.2 Å². The maximum Gasteiger partial charge on any atom is 0.254 e. The first kappa shape index (κ1) is 12.8. The van der Waals surface area contributed by atoms with Crippen LogP contribution in [-0.2, 0) is 0 Å². The van der Waals surface area contributed by atoms with Crippen LogP contribution < -0.4 is 5.73 Å².